The van der Waals surface area contributed by atoms with E-state index in [0.717, 1.165) is 38.5 Å². The minimum absolute atomic E-state index is 0.148. The predicted molar refractivity (Wildman–Crippen MR) is 158 cm³/mol. The third-order valence-electron chi connectivity index (χ3n) is 12.7. The number of hydrogen-bond donors (Lipinski definition) is 4. The Balaban J connectivity index is 1.19. The molecule has 42 heavy (non-hydrogen) atoms. The van der Waals surface area contributed by atoms with Crippen LogP contribution in [0, 0.1) is 46.3 Å². The lowest BCUT2D eigenvalue weighted by Crippen LogP contribution is -2.58. The third-order valence-corrected chi connectivity index (χ3v) is 12.7. The van der Waals surface area contributed by atoms with Gasteiger partial charge in [0.2, 0.25) is 11.8 Å². The van der Waals surface area contributed by atoms with Crippen LogP contribution in [0.3, 0.4) is 0 Å². The smallest absolute Gasteiger partial charge is 0.242 e. The Morgan fingerprint density at radius 2 is 1.81 bits per heavy atom. The predicted octanol–water partition coefficient (Wildman–Crippen LogP) is 5.22. The van der Waals surface area contributed by atoms with E-state index in [0.29, 0.717) is 55.3 Å². The Labute approximate surface area is 249 Å². The second kappa shape index (κ2) is 12.0. The number of azide groups is 1. The maximum absolute atomic E-state index is 13.1. The molecule has 0 spiro atoms. The quantitative estimate of drug-likeness (QED) is 0.148. The van der Waals surface area contributed by atoms with Crippen LogP contribution < -0.4 is 10.6 Å². The Morgan fingerprint density at radius 1 is 1.05 bits per heavy atom. The van der Waals surface area contributed by atoms with E-state index in [1.807, 2.05) is 6.92 Å². The van der Waals surface area contributed by atoms with Gasteiger partial charge in [-0.2, -0.15) is 10.2 Å². The zero-order valence-corrected chi connectivity index (χ0v) is 25.8. The van der Waals surface area contributed by atoms with Gasteiger partial charge in [-0.25, -0.2) is 0 Å². The lowest BCUT2D eigenvalue weighted by atomic mass is 9.43. The number of rotatable bonds is 11. The van der Waals surface area contributed by atoms with Gasteiger partial charge in [-0.1, -0.05) is 25.9 Å². The lowest BCUT2D eigenvalue weighted by molar-refractivity contribution is -0.175. The fourth-order valence-electron chi connectivity index (χ4n) is 10.1. The topological polar surface area (TPSA) is 172 Å². The molecule has 5 aliphatic rings. The van der Waals surface area contributed by atoms with E-state index in [1.54, 1.807) is 0 Å². The molecule has 2 amide bonds. The van der Waals surface area contributed by atoms with Gasteiger partial charge in [0.15, 0.2) is 5.66 Å². The van der Waals surface area contributed by atoms with Crippen LogP contribution in [0.4, 0.5) is 0 Å². The number of nitrogens with zero attached hydrogens (tertiary/aromatic N) is 5. The van der Waals surface area contributed by atoms with Crippen molar-refractivity contribution >= 4 is 11.8 Å². The first kappa shape index (κ1) is 31.2. The first-order valence-corrected chi connectivity index (χ1v) is 16.3. The molecule has 4 N–H and O–H groups in total. The molecule has 1 aliphatic heterocycles. The van der Waals surface area contributed by atoms with Crippen LogP contribution in [0.1, 0.15) is 105 Å². The Bertz CT molecular complexity index is 1100. The largest absolute Gasteiger partial charge is 0.393 e. The summed E-state index contributed by atoms with van der Waals surface area (Å²) in [5.41, 5.74) is 8.10. The van der Waals surface area contributed by atoms with Crippen molar-refractivity contribution in [3.05, 3.63) is 10.4 Å². The molecule has 4 aliphatic carbocycles. The third kappa shape index (κ3) is 5.93. The molecule has 5 rings (SSSR count). The summed E-state index contributed by atoms with van der Waals surface area (Å²) < 4.78 is 0. The highest BCUT2D eigenvalue weighted by Gasteiger charge is 2.63. The summed E-state index contributed by atoms with van der Waals surface area (Å²) in [5, 5.41) is 39.0. The molecule has 0 aromatic heterocycles. The lowest BCUT2D eigenvalue weighted by Gasteiger charge is -2.62. The highest BCUT2D eigenvalue weighted by Crippen LogP contribution is 2.68. The molecular formula is C31H51N7O4. The van der Waals surface area contributed by atoms with E-state index in [9.17, 15) is 19.8 Å². The highest BCUT2D eigenvalue weighted by molar-refractivity contribution is 5.87. The van der Waals surface area contributed by atoms with E-state index in [-0.39, 0.29) is 47.4 Å². The van der Waals surface area contributed by atoms with Crippen molar-refractivity contribution in [2.75, 3.05) is 6.67 Å². The van der Waals surface area contributed by atoms with Gasteiger partial charge in [0.1, 0.15) is 6.04 Å². The number of amides is 2. The minimum atomic E-state index is -0.743. The maximum atomic E-state index is 13.1. The van der Waals surface area contributed by atoms with E-state index >= 15 is 0 Å². The molecule has 4 fully saturated rings. The number of aliphatic hydroxyl groups excluding tert-OH is 2. The van der Waals surface area contributed by atoms with Crippen molar-refractivity contribution < 1.29 is 19.8 Å². The Hall–Kier alpha value is -2.23. The summed E-state index contributed by atoms with van der Waals surface area (Å²) >= 11 is 0. The van der Waals surface area contributed by atoms with Crippen molar-refractivity contribution in [3.63, 3.8) is 0 Å². The van der Waals surface area contributed by atoms with E-state index < -0.39 is 11.7 Å². The van der Waals surface area contributed by atoms with Gasteiger partial charge >= 0.3 is 0 Å². The van der Waals surface area contributed by atoms with Crippen molar-refractivity contribution in [1.82, 2.24) is 10.6 Å². The summed E-state index contributed by atoms with van der Waals surface area (Å²) in [4.78, 5) is 28.4. The first-order chi connectivity index (χ1) is 19.9. The van der Waals surface area contributed by atoms with Crippen LogP contribution in [0.25, 0.3) is 10.4 Å². The van der Waals surface area contributed by atoms with Crippen LogP contribution in [-0.2, 0) is 9.59 Å². The first-order valence-electron chi connectivity index (χ1n) is 16.3. The van der Waals surface area contributed by atoms with Crippen LogP contribution in [0.5, 0.6) is 0 Å². The van der Waals surface area contributed by atoms with Gasteiger partial charge in [0.25, 0.3) is 0 Å². The van der Waals surface area contributed by atoms with E-state index in [4.69, 9.17) is 5.53 Å². The summed E-state index contributed by atoms with van der Waals surface area (Å²) in [6.45, 7) is 8.71. The van der Waals surface area contributed by atoms with Crippen LogP contribution in [0.15, 0.2) is 15.3 Å². The SMILES string of the molecule is C[C@H](CCC(=O)NC(CCC1(C)N=N1)C(=O)NCN=[N+]=[N-])[C@H]1CC[C@H]2[C@@H]3CC[C@@H]4C[C@H](O)CC[C@]4(C)C3CC(O)[C@]12C. The minimum Gasteiger partial charge on any atom is -0.393 e. The Kier molecular flexibility index (Phi) is 8.95. The van der Waals surface area contributed by atoms with E-state index in [1.165, 1.54) is 12.8 Å². The fraction of sp³-hybridized carbons (Fsp3) is 0.935. The summed E-state index contributed by atoms with van der Waals surface area (Å²) in [6.07, 6.45) is 9.79. The number of aliphatic hydroxyl groups is 2. The summed E-state index contributed by atoms with van der Waals surface area (Å²) in [6, 6.07) is -0.743. The van der Waals surface area contributed by atoms with E-state index in [2.05, 4.69) is 51.7 Å². The average molecular weight is 586 g/mol. The number of fused-ring (bicyclic) bond motifs is 5. The number of carbonyl (C=O) groups is 2. The molecule has 0 aromatic carbocycles. The van der Waals surface area contributed by atoms with Crippen LogP contribution in [0.2, 0.25) is 0 Å². The zero-order valence-electron chi connectivity index (χ0n) is 25.8. The molecule has 11 atom stereocenters. The zero-order chi connectivity index (χ0) is 30.3. The molecule has 11 heteroatoms. The second-order valence-corrected chi connectivity index (χ2v) is 14.9. The van der Waals surface area contributed by atoms with Gasteiger partial charge in [-0.3, -0.25) is 9.59 Å². The molecule has 11 nitrogen and oxygen atoms in total. The second-order valence-electron chi connectivity index (χ2n) is 14.9. The van der Waals surface area contributed by atoms with Gasteiger partial charge in [-0.05, 0) is 129 Å². The molecule has 0 saturated heterocycles. The van der Waals surface area contributed by atoms with Crippen LogP contribution >= 0.6 is 0 Å². The monoisotopic (exact) mass is 585 g/mol. The Morgan fingerprint density at radius 3 is 2.52 bits per heavy atom. The standard InChI is InChI=1S/C31H51N7O4/c1-18(5-10-27(41)35-25(12-14-30(3)36-37-30)28(42)33-17-34-38-32)22-8-9-23-21-7-6-19-15-20(39)11-13-29(19,2)24(21)16-26(40)31(22,23)4/h18-26,39-40H,5-17H2,1-4H3,(H,33,42)(H,35,41)/t18-,19-,20-,21+,22-,23+,24?,25?,26?,29+,31-/m1/s1. The average Bonchev–Trinajstić information content (AvgIpc) is 3.58. The van der Waals surface area contributed by atoms with Crippen molar-refractivity contribution in [2.45, 2.75) is 129 Å². The highest BCUT2D eigenvalue weighted by atomic mass is 16.3. The van der Waals surface area contributed by atoms with Gasteiger partial charge in [0.05, 0.1) is 18.9 Å². The molecule has 0 aromatic rings. The van der Waals surface area contributed by atoms with Crippen molar-refractivity contribution in [3.8, 4) is 0 Å². The molecule has 0 radical (unpaired) electrons. The normalized spacial score (nSPS) is 40.9. The molecule has 234 valence electrons. The summed E-state index contributed by atoms with van der Waals surface area (Å²) in [5.74, 6) is 2.30. The number of nitrogens with one attached hydrogen (secondary N) is 2. The summed E-state index contributed by atoms with van der Waals surface area (Å²) in [7, 11) is 0. The van der Waals surface area contributed by atoms with Gasteiger partial charge < -0.3 is 20.8 Å². The fourth-order valence-corrected chi connectivity index (χ4v) is 10.1. The maximum Gasteiger partial charge on any atom is 0.242 e. The van der Waals surface area contributed by atoms with Gasteiger partial charge in [0, 0.05) is 11.3 Å². The molecule has 0 bridgehead atoms. The van der Waals surface area contributed by atoms with Crippen molar-refractivity contribution in [2.24, 2.45) is 61.7 Å². The molecular weight excluding hydrogens is 534 g/mol. The molecule has 3 unspecified atom stereocenters. The molecule has 4 saturated carbocycles. The molecule has 1 heterocycles. The number of hydrogen-bond acceptors (Lipinski definition) is 7. The van der Waals surface area contributed by atoms with Crippen molar-refractivity contribution in [1.29, 1.82) is 0 Å². The van der Waals surface area contributed by atoms with Gasteiger partial charge in [-0.15, -0.1) is 0 Å². The number of carbonyl (C=O) groups excluding carboxylic acids is 2. The van der Waals surface area contributed by atoms with Crippen LogP contribution in [-0.4, -0.2) is 52.6 Å².